The van der Waals surface area contributed by atoms with Crippen molar-refractivity contribution in [2.45, 2.75) is 38.3 Å². The highest BCUT2D eigenvalue weighted by molar-refractivity contribution is 5.96. The van der Waals surface area contributed by atoms with Crippen molar-refractivity contribution in [1.82, 2.24) is 24.8 Å². The van der Waals surface area contributed by atoms with Gasteiger partial charge in [0.1, 0.15) is 11.3 Å². The van der Waals surface area contributed by atoms with Crippen LogP contribution in [0.5, 0.6) is 0 Å². The predicted molar refractivity (Wildman–Crippen MR) is 142 cm³/mol. The van der Waals surface area contributed by atoms with E-state index in [0.29, 0.717) is 60.2 Å². The first kappa shape index (κ1) is 24.0. The molecule has 1 aromatic carbocycles. The van der Waals surface area contributed by atoms with E-state index in [4.69, 9.17) is 19.1 Å². The number of halogens is 2. The Morgan fingerprint density at radius 2 is 1.95 bits per heavy atom. The van der Waals surface area contributed by atoms with Crippen molar-refractivity contribution in [2.75, 3.05) is 57.4 Å². The van der Waals surface area contributed by atoms with Gasteiger partial charge in [0.25, 0.3) is 5.92 Å². The van der Waals surface area contributed by atoms with E-state index in [1.165, 1.54) is 25.5 Å². The molecule has 3 aromatic heterocycles. The molecule has 1 atom stereocenters. The highest BCUT2D eigenvalue weighted by atomic mass is 19.3. The number of ether oxygens (including phenoxy) is 1. The van der Waals surface area contributed by atoms with E-state index >= 15 is 0 Å². The summed E-state index contributed by atoms with van der Waals surface area (Å²) in [5.41, 5.74) is 2.63. The number of piperazine rings is 1. The number of nitrogens with zero attached hydrogens (tertiary/aromatic N) is 5. The third-order valence-electron chi connectivity index (χ3n) is 8.14. The molecule has 3 aliphatic rings. The normalized spacial score (nSPS) is 21.6. The van der Waals surface area contributed by atoms with E-state index in [1.807, 2.05) is 18.2 Å². The number of nitrogens with one attached hydrogen (secondary N) is 1. The lowest BCUT2D eigenvalue weighted by Crippen LogP contribution is -2.49. The van der Waals surface area contributed by atoms with Gasteiger partial charge in [0, 0.05) is 68.2 Å². The minimum absolute atomic E-state index is 0.123. The third kappa shape index (κ3) is 4.34. The van der Waals surface area contributed by atoms with E-state index in [9.17, 15) is 8.78 Å². The Balaban J connectivity index is 1.29. The summed E-state index contributed by atoms with van der Waals surface area (Å²) in [6.45, 7) is 8.67. The molecule has 4 aromatic rings. The molecule has 0 amide bonds. The number of rotatable bonds is 5. The fourth-order valence-corrected chi connectivity index (χ4v) is 6.16. The minimum Gasteiger partial charge on any atom is -0.454 e. The van der Waals surface area contributed by atoms with Crippen LogP contribution in [0.2, 0.25) is 0 Å². The summed E-state index contributed by atoms with van der Waals surface area (Å²) in [6, 6.07) is 9.71. The van der Waals surface area contributed by atoms with E-state index in [1.54, 1.807) is 6.07 Å². The Morgan fingerprint density at radius 1 is 1.08 bits per heavy atom. The number of hydrogen-bond donors (Lipinski definition) is 1. The van der Waals surface area contributed by atoms with Crippen LogP contribution in [0.3, 0.4) is 0 Å². The number of morpholine rings is 1. The lowest BCUT2D eigenvalue weighted by molar-refractivity contribution is 0.0135. The standard InChI is InChI=1S/C28H32F2N6O2/c1-28(29,30)24-15-21-20(5-2-6-22(21)31-24)26-32-23-14-19(17-34-8-9-35-7-3-4-18(35)16-34)38-25(23)27(33-26)36-10-12-37-13-11-36/h2,5-6,14-15,18,31H,3-4,7-13,16-17H2,1H3. The summed E-state index contributed by atoms with van der Waals surface area (Å²) in [4.78, 5) is 20.0. The van der Waals surface area contributed by atoms with Gasteiger partial charge in [0.2, 0.25) is 0 Å². The number of fused-ring (bicyclic) bond motifs is 3. The molecule has 0 radical (unpaired) electrons. The van der Waals surface area contributed by atoms with Gasteiger partial charge in [-0.05, 0) is 31.5 Å². The second-order valence-corrected chi connectivity index (χ2v) is 10.8. The van der Waals surface area contributed by atoms with Gasteiger partial charge in [-0.15, -0.1) is 0 Å². The topological polar surface area (TPSA) is 73.7 Å². The van der Waals surface area contributed by atoms with E-state index in [0.717, 1.165) is 50.2 Å². The highest BCUT2D eigenvalue weighted by Gasteiger charge is 2.31. The molecule has 0 aliphatic carbocycles. The molecule has 3 fully saturated rings. The fraction of sp³-hybridized carbons (Fsp3) is 0.500. The van der Waals surface area contributed by atoms with Crippen molar-refractivity contribution in [3.05, 3.63) is 41.8 Å². The lowest BCUT2D eigenvalue weighted by atomic mass is 10.1. The van der Waals surface area contributed by atoms with E-state index in [-0.39, 0.29) is 5.69 Å². The van der Waals surface area contributed by atoms with Crippen molar-refractivity contribution in [1.29, 1.82) is 0 Å². The Kier molecular flexibility index (Phi) is 5.86. The summed E-state index contributed by atoms with van der Waals surface area (Å²) in [5, 5.41) is 0.675. The maximum absolute atomic E-state index is 14.1. The van der Waals surface area contributed by atoms with Crippen molar-refractivity contribution >= 4 is 27.8 Å². The Labute approximate surface area is 219 Å². The van der Waals surface area contributed by atoms with Crippen LogP contribution in [0.15, 0.2) is 34.7 Å². The van der Waals surface area contributed by atoms with Crippen LogP contribution >= 0.6 is 0 Å². The van der Waals surface area contributed by atoms with Gasteiger partial charge in [0.15, 0.2) is 17.2 Å². The molecule has 0 bridgehead atoms. The monoisotopic (exact) mass is 522 g/mol. The summed E-state index contributed by atoms with van der Waals surface area (Å²) in [5.74, 6) is -0.862. The van der Waals surface area contributed by atoms with E-state index in [2.05, 4.69) is 19.7 Å². The van der Waals surface area contributed by atoms with Crippen molar-refractivity contribution in [3.8, 4) is 11.4 Å². The number of benzene rings is 1. The summed E-state index contributed by atoms with van der Waals surface area (Å²) < 4.78 is 40.2. The second kappa shape index (κ2) is 9.29. The zero-order chi connectivity index (χ0) is 25.9. The largest absolute Gasteiger partial charge is 0.454 e. The number of furan rings is 1. The van der Waals surface area contributed by atoms with Crippen LogP contribution in [-0.4, -0.2) is 83.3 Å². The number of H-pyrrole nitrogens is 1. The van der Waals surface area contributed by atoms with Crippen molar-refractivity contribution in [3.63, 3.8) is 0 Å². The van der Waals surface area contributed by atoms with Gasteiger partial charge in [-0.3, -0.25) is 9.80 Å². The third-order valence-corrected chi connectivity index (χ3v) is 8.14. The van der Waals surface area contributed by atoms with Gasteiger partial charge in [-0.2, -0.15) is 0 Å². The molecule has 1 unspecified atom stereocenters. The zero-order valence-corrected chi connectivity index (χ0v) is 21.6. The van der Waals surface area contributed by atoms with Crippen LogP contribution in [0.1, 0.15) is 31.2 Å². The number of alkyl halides is 2. The maximum atomic E-state index is 14.1. The van der Waals surface area contributed by atoms with Crippen LogP contribution in [0.25, 0.3) is 33.4 Å². The lowest BCUT2D eigenvalue weighted by Gasteiger charge is -2.37. The highest BCUT2D eigenvalue weighted by Crippen LogP contribution is 2.36. The first-order valence-corrected chi connectivity index (χ1v) is 13.5. The number of anilines is 1. The van der Waals surface area contributed by atoms with Crippen LogP contribution < -0.4 is 4.90 Å². The van der Waals surface area contributed by atoms with Gasteiger partial charge in [-0.1, -0.05) is 12.1 Å². The maximum Gasteiger partial charge on any atom is 0.284 e. The molecule has 3 aliphatic heterocycles. The van der Waals surface area contributed by atoms with E-state index < -0.39 is 5.92 Å². The molecule has 6 heterocycles. The molecule has 3 saturated heterocycles. The van der Waals surface area contributed by atoms with Gasteiger partial charge in [-0.25, -0.2) is 18.7 Å². The van der Waals surface area contributed by atoms with Gasteiger partial charge >= 0.3 is 0 Å². The number of hydrogen-bond acceptors (Lipinski definition) is 7. The molecular formula is C28H32F2N6O2. The minimum atomic E-state index is -2.97. The molecule has 200 valence electrons. The first-order chi connectivity index (χ1) is 18.4. The molecule has 8 nitrogen and oxygen atoms in total. The number of aromatic amines is 1. The summed E-state index contributed by atoms with van der Waals surface area (Å²) in [7, 11) is 0. The van der Waals surface area contributed by atoms with Crippen molar-refractivity contribution in [2.24, 2.45) is 0 Å². The second-order valence-electron chi connectivity index (χ2n) is 10.8. The molecular weight excluding hydrogens is 490 g/mol. The Hall–Kier alpha value is -3.08. The van der Waals surface area contributed by atoms with Crippen molar-refractivity contribution < 1.29 is 17.9 Å². The Bertz CT molecular complexity index is 1470. The van der Waals surface area contributed by atoms with Gasteiger partial charge in [0.05, 0.1) is 25.5 Å². The molecule has 0 spiro atoms. The average molecular weight is 523 g/mol. The average Bonchev–Trinajstić information content (AvgIpc) is 3.65. The molecule has 7 rings (SSSR count). The molecule has 1 N–H and O–H groups in total. The SMILES string of the molecule is CC(F)(F)c1cc2c(-c3nc(N4CCOCC4)c4oc(CN5CCN6CCCC6C5)cc4n3)cccc2[nH]1. The predicted octanol–water partition coefficient (Wildman–Crippen LogP) is 4.60. The quantitative estimate of drug-likeness (QED) is 0.411. The molecule has 38 heavy (non-hydrogen) atoms. The summed E-state index contributed by atoms with van der Waals surface area (Å²) >= 11 is 0. The number of aromatic nitrogens is 3. The smallest absolute Gasteiger partial charge is 0.284 e. The molecule has 10 heteroatoms. The summed E-state index contributed by atoms with van der Waals surface area (Å²) in [6.07, 6.45) is 2.55. The first-order valence-electron chi connectivity index (χ1n) is 13.5. The Morgan fingerprint density at radius 3 is 2.79 bits per heavy atom. The van der Waals surface area contributed by atoms with Crippen LogP contribution in [0, 0.1) is 0 Å². The molecule has 0 saturated carbocycles. The zero-order valence-electron chi connectivity index (χ0n) is 21.6. The van der Waals surface area contributed by atoms with Crippen LogP contribution in [-0.2, 0) is 17.2 Å². The fourth-order valence-electron chi connectivity index (χ4n) is 6.16. The van der Waals surface area contributed by atoms with Gasteiger partial charge < -0.3 is 19.0 Å². The van der Waals surface area contributed by atoms with Crippen LogP contribution in [0.4, 0.5) is 14.6 Å².